The Labute approximate surface area is 170 Å². The number of hydrogen-bond acceptors (Lipinski definition) is 3. The van der Waals surface area contributed by atoms with Crippen molar-refractivity contribution >= 4 is 55.8 Å². The molecule has 0 aliphatic heterocycles. The zero-order valence-corrected chi connectivity index (χ0v) is 16.4. The average Bonchev–Trinajstić information content (AvgIpc) is 3.12. The van der Waals surface area contributed by atoms with Crippen molar-refractivity contribution in [1.29, 1.82) is 0 Å². The van der Waals surface area contributed by atoms with E-state index in [4.69, 9.17) is 23.2 Å². The molecule has 0 aliphatic carbocycles. The molecule has 6 heteroatoms. The molecular weight excluding hydrogens is 399 g/mol. The smallest absolute Gasteiger partial charge is 0.261 e. The van der Waals surface area contributed by atoms with Gasteiger partial charge in [0.1, 0.15) is 5.52 Å². The van der Waals surface area contributed by atoms with Crippen LogP contribution in [0.1, 0.15) is 15.9 Å². The quantitative estimate of drug-likeness (QED) is 0.385. The number of hydrogen-bond donors (Lipinski definition) is 0. The number of benzene rings is 3. The number of carbonyl (C=O) groups excluding carboxylic acids is 1. The van der Waals surface area contributed by atoms with Crippen molar-refractivity contribution in [2.75, 3.05) is 4.90 Å². The van der Waals surface area contributed by atoms with E-state index in [2.05, 4.69) is 4.98 Å². The third-order valence-electron chi connectivity index (χ3n) is 4.12. The summed E-state index contributed by atoms with van der Waals surface area (Å²) >= 11 is 14.0. The molecule has 0 bridgehead atoms. The molecule has 0 unspecified atom stereocenters. The minimum absolute atomic E-state index is 0.195. The molecular formula is C21H14Cl2N2OS. The van der Waals surface area contributed by atoms with Crippen LogP contribution in [-0.4, -0.2) is 10.9 Å². The molecule has 0 atom stereocenters. The lowest BCUT2D eigenvalue weighted by atomic mass is 10.1. The predicted octanol–water partition coefficient (Wildman–Crippen LogP) is 6.45. The molecule has 134 valence electrons. The van der Waals surface area contributed by atoms with Crippen LogP contribution in [0.25, 0.3) is 10.2 Å². The Bertz CT molecular complexity index is 1110. The monoisotopic (exact) mass is 412 g/mol. The Morgan fingerprint density at radius 3 is 2.33 bits per heavy atom. The number of halogens is 2. The van der Waals surface area contributed by atoms with Gasteiger partial charge in [0.2, 0.25) is 0 Å². The highest BCUT2D eigenvalue weighted by Gasteiger charge is 2.23. The summed E-state index contributed by atoms with van der Waals surface area (Å²) < 4.78 is 0.933. The maximum absolute atomic E-state index is 13.3. The van der Waals surface area contributed by atoms with Crippen molar-refractivity contribution in [1.82, 2.24) is 4.98 Å². The SMILES string of the molecule is O=C(c1ccccc1Cl)N(Cc1ccccc1)c1nc2c(Cl)cccc2s1. The molecule has 0 radical (unpaired) electrons. The number of amides is 1. The van der Waals surface area contributed by atoms with Gasteiger partial charge in [0.25, 0.3) is 5.91 Å². The summed E-state index contributed by atoms with van der Waals surface area (Å²) in [4.78, 5) is 19.6. The van der Waals surface area contributed by atoms with Gasteiger partial charge < -0.3 is 0 Å². The van der Waals surface area contributed by atoms with E-state index in [1.54, 1.807) is 35.2 Å². The van der Waals surface area contributed by atoms with Crippen molar-refractivity contribution < 1.29 is 4.79 Å². The Morgan fingerprint density at radius 1 is 0.889 bits per heavy atom. The molecule has 3 nitrogen and oxygen atoms in total. The zero-order valence-electron chi connectivity index (χ0n) is 14.1. The van der Waals surface area contributed by atoms with E-state index >= 15 is 0 Å². The van der Waals surface area contributed by atoms with Gasteiger partial charge in [-0.2, -0.15) is 0 Å². The molecule has 0 fully saturated rings. The second kappa shape index (κ2) is 7.69. The number of nitrogens with zero attached hydrogens (tertiary/aromatic N) is 2. The highest BCUT2D eigenvalue weighted by atomic mass is 35.5. The lowest BCUT2D eigenvalue weighted by Crippen LogP contribution is -2.30. The first-order valence-corrected chi connectivity index (χ1v) is 9.86. The van der Waals surface area contributed by atoms with Gasteiger partial charge in [-0.25, -0.2) is 4.98 Å². The van der Waals surface area contributed by atoms with Crippen LogP contribution >= 0.6 is 34.5 Å². The molecule has 1 amide bonds. The first kappa shape index (κ1) is 18.0. The third-order valence-corrected chi connectivity index (χ3v) is 5.80. The molecule has 1 heterocycles. The molecule has 3 aromatic carbocycles. The largest absolute Gasteiger partial charge is 0.279 e. The Balaban J connectivity index is 1.81. The van der Waals surface area contributed by atoms with E-state index in [0.29, 0.717) is 32.8 Å². The van der Waals surface area contributed by atoms with E-state index in [1.165, 1.54) is 11.3 Å². The minimum Gasteiger partial charge on any atom is -0.279 e. The van der Waals surface area contributed by atoms with E-state index in [-0.39, 0.29) is 5.91 Å². The number of anilines is 1. The van der Waals surface area contributed by atoms with Crippen LogP contribution in [0.2, 0.25) is 10.0 Å². The highest BCUT2D eigenvalue weighted by molar-refractivity contribution is 7.22. The van der Waals surface area contributed by atoms with Crippen LogP contribution in [0.15, 0.2) is 72.8 Å². The summed E-state index contributed by atoms with van der Waals surface area (Å²) in [6, 6.07) is 22.5. The summed E-state index contributed by atoms with van der Waals surface area (Å²) in [7, 11) is 0. The molecule has 27 heavy (non-hydrogen) atoms. The van der Waals surface area contributed by atoms with Gasteiger partial charge in [0.15, 0.2) is 5.13 Å². The summed E-state index contributed by atoms with van der Waals surface area (Å²) in [6.07, 6.45) is 0. The fourth-order valence-corrected chi connectivity index (χ4v) is 4.27. The van der Waals surface area contributed by atoms with Gasteiger partial charge in [-0.3, -0.25) is 9.69 Å². The zero-order chi connectivity index (χ0) is 18.8. The number of carbonyl (C=O) groups is 1. The first-order valence-electron chi connectivity index (χ1n) is 8.29. The van der Waals surface area contributed by atoms with Gasteiger partial charge in [-0.1, -0.05) is 83.1 Å². The summed E-state index contributed by atoms with van der Waals surface area (Å²) in [5.74, 6) is -0.195. The van der Waals surface area contributed by atoms with Crippen molar-refractivity contribution in [3.05, 3.63) is 94.0 Å². The number of fused-ring (bicyclic) bond motifs is 1. The van der Waals surface area contributed by atoms with Crippen molar-refractivity contribution in [3.8, 4) is 0 Å². The van der Waals surface area contributed by atoms with E-state index in [1.807, 2.05) is 42.5 Å². The molecule has 4 aromatic rings. The lowest BCUT2D eigenvalue weighted by molar-refractivity contribution is 0.0985. The fraction of sp³-hybridized carbons (Fsp3) is 0.0476. The topological polar surface area (TPSA) is 33.2 Å². The van der Waals surface area contributed by atoms with Gasteiger partial charge >= 0.3 is 0 Å². The van der Waals surface area contributed by atoms with Crippen molar-refractivity contribution in [3.63, 3.8) is 0 Å². The maximum atomic E-state index is 13.3. The summed E-state index contributed by atoms with van der Waals surface area (Å²) in [5, 5.41) is 1.58. The van der Waals surface area contributed by atoms with Crippen LogP contribution in [0.4, 0.5) is 5.13 Å². The number of rotatable bonds is 4. The van der Waals surface area contributed by atoms with E-state index in [0.717, 1.165) is 10.3 Å². The van der Waals surface area contributed by atoms with Crippen LogP contribution in [0.5, 0.6) is 0 Å². The van der Waals surface area contributed by atoms with Crippen LogP contribution in [0.3, 0.4) is 0 Å². The Hall–Kier alpha value is -2.40. The molecule has 0 N–H and O–H groups in total. The summed E-state index contributed by atoms with van der Waals surface area (Å²) in [6.45, 7) is 0.391. The summed E-state index contributed by atoms with van der Waals surface area (Å²) in [5.41, 5.74) is 2.15. The molecule has 0 spiro atoms. The fourth-order valence-electron chi connectivity index (χ4n) is 2.79. The number of para-hydroxylation sites is 1. The minimum atomic E-state index is -0.195. The lowest BCUT2D eigenvalue weighted by Gasteiger charge is -2.20. The number of thiazole rings is 1. The van der Waals surface area contributed by atoms with Crippen molar-refractivity contribution in [2.24, 2.45) is 0 Å². The second-order valence-corrected chi connectivity index (χ2v) is 7.76. The van der Waals surface area contributed by atoms with Gasteiger partial charge in [0.05, 0.1) is 26.9 Å². The molecule has 4 rings (SSSR count). The third kappa shape index (κ3) is 3.69. The molecule has 1 aromatic heterocycles. The first-order chi connectivity index (χ1) is 13.1. The average molecular weight is 413 g/mol. The highest BCUT2D eigenvalue weighted by Crippen LogP contribution is 2.34. The molecule has 0 aliphatic rings. The Kier molecular flexibility index (Phi) is 5.12. The van der Waals surface area contributed by atoms with Crippen LogP contribution in [0, 0.1) is 0 Å². The number of aromatic nitrogens is 1. The van der Waals surface area contributed by atoms with E-state index < -0.39 is 0 Å². The van der Waals surface area contributed by atoms with Gasteiger partial charge in [-0.05, 0) is 29.8 Å². The maximum Gasteiger partial charge on any atom is 0.261 e. The predicted molar refractivity (Wildman–Crippen MR) is 113 cm³/mol. The standard InChI is InChI=1S/C21H14Cl2N2OS/c22-16-10-5-4-9-15(16)20(26)25(13-14-7-2-1-3-8-14)21-24-19-17(23)11-6-12-18(19)27-21/h1-12H,13H2. The van der Waals surface area contributed by atoms with Crippen molar-refractivity contribution in [2.45, 2.75) is 6.54 Å². The normalized spacial score (nSPS) is 10.9. The van der Waals surface area contributed by atoms with Crippen LogP contribution < -0.4 is 4.90 Å². The second-order valence-electron chi connectivity index (χ2n) is 5.94. The van der Waals surface area contributed by atoms with E-state index in [9.17, 15) is 4.79 Å². The van der Waals surface area contributed by atoms with Gasteiger partial charge in [-0.15, -0.1) is 0 Å². The Morgan fingerprint density at radius 2 is 1.59 bits per heavy atom. The molecule has 0 saturated carbocycles. The molecule has 0 saturated heterocycles. The van der Waals surface area contributed by atoms with Crippen LogP contribution in [-0.2, 0) is 6.54 Å². The van der Waals surface area contributed by atoms with Gasteiger partial charge in [0, 0.05) is 0 Å².